The molecule has 0 aromatic heterocycles. The fourth-order valence-corrected chi connectivity index (χ4v) is 7.33. The Labute approximate surface area is 300 Å². The Hall–Kier alpha value is -3.92. The number of nitrogens with zero attached hydrogens (tertiary/aromatic N) is 4. The Balaban J connectivity index is 0.00000468. The van der Waals surface area contributed by atoms with Gasteiger partial charge in [0.25, 0.3) is 23.6 Å². The normalized spacial score (nSPS) is 14.6. The van der Waals surface area contributed by atoms with E-state index in [-0.39, 0.29) is 40.6 Å². The maximum Gasteiger partial charge on any atom is 0.261 e. The van der Waals surface area contributed by atoms with Crippen LogP contribution in [0.1, 0.15) is 80.0 Å². The third kappa shape index (κ3) is 7.95. The van der Waals surface area contributed by atoms with Crippen molar-refractivity contribution in [2.75, 3.05) is 67.5 Å². The number of halogens is 1. The lowest BCUT2D eigenvalue weighted by Crippen LogP contribution is -3.00. The van der Waals surface area contributed by atoms with E-state index in [9.17, 15) is 19.2 Å². The zero-order valence-corrected chi connectivity index (χ0v) is 30.8. The quantitative estimate of drug-likeness (QED) is 0.107. The summed E-state index contributed by atoms with van der Waals surface area (Å²) in [7, 11) is 8.91. The lowest BCUT2D eigenvalue weighted by molar-refractivity contribution is -0.891. The highest BCUT2D eigenvalue weighted by molar-refractivity contribution is 6.24. The molecule has 0 bridgehead atoms. The van der Waals surface area contributed by atoms with Gasteiger partial charge in [-0.15, -0.1) is 0 Å². The topological polar surface area (TPSA) is 74.8 Å². The van der Waals surface area contributed by atoms with Gasteiger partial charge >= 0.3 is 0 Å². The number of carbonyl (C=O) groups is 4. The van der Waals surface area contributed by atoms with Gasteiger partial charge in [-0.3, -0.25) is 29.0 Å². The molecule has 6 rings (SSSR count). The van der Waals surface area contributed by atoms with Gasteiger partial charge in [0, 0.05) is 25.9 Å². The predicted molar refractivity (Wildman–Crippen MR) is 190 cm³/mol. The van der Waals surface area contributed by atoms with Crippen molar-refractivity contribution in [3.63, 3.8) is 0 Å². The molecule has 49 heavy (non-hydrogen) atoms. The number of hydrogen-bond donors (Lipinski definition) is 0. The summed E-state index contributed by atoms with van der Waals surface area (Å²) in [6.07, 6.45) is 6.15. The Kier molecular flexibility index (Phi) is 11.1. The van der Waals surface area contributed by atoms with Crippen LogP contribution in [0.15, 0.2) is 72.8 Å². The van der Waals surface area contributed by atoms with E-state index < -0.39 is 0 Å². The maximum atomic E-state index is 13.0. The van der Waals surface area contributed by atoms with Gasteiger partial charge in [-0.25, -0.2) is 0 Å². The first-order chi connectivity index (χ1) is 22.9. The Bertz CT molecular complexity index is 1660. The number of fused-ring (bicyclic) bond motifs is 4. The van der Waals surface area contributed by atoms with E-state index in [1.165, 1.54) is 9.80 Å². The molecule has 0 spiro atoms. The minimum absolute atomic E-state index is 0. The number of hydrogen-bond acceptors (Lipinski definition) is 4. The van der Waals surface area contributed by atoms with Crippen molar-refractivity contribution >= 4 is 45.2 Å². The molecule has 2 aliphatic heterocycles. The average molecular weight is 729 g/mol. The maximum absolute atomic E-state index is 13.0. The zero-order valence-electron chi connectivity index (χ0n) is 29.2. The number of imide groups is 2. The summed E-state index contributed by atoms with van der Waals surface area (Å²) < 4.78 is 1.73. The number of carbonyl (C=O) groups excluding carboxylic acids is 4. The van der Waals surface area contributed by atoms with Crippen LogP contribution in [0.5, 0.6) is 0 Å². The van der Waals surface area contributed by atoms with Gasteiger partial charge in [-0.2, -0.15) is 0 Å². The summed E-state index contributed by atoms with van der Waals surface area (Å²) in [4.78, 5) is 55.0. The second-order valence-corrected chi connectivity index (χ2v) is 14.9. The number of amides is 4. The first kappa shape index (κ1) is 36.4. The highest BCUT2D eigenvalue weighted by atomic mass is 79.9. The van der Waals surface area contributed by atoms with Crippen LogP contribution in [-0.4, -0.2) is 110 Å². The van der Waals surface area contributed by atoms with Crippen LogP contribution >= 0.6 is 0 Å². The molecule has 0 saturated heterocycles. The molecule has 8 nitrogen and oxygen atoms in total. The summed E-state index contributed by atoms with van der Waals surface area (Å²) in [6.45, 7) is 4.82. The van der Waals surface area contributed by atoms with Gasteiger partial charge in [-0.05, 0) is 71.5 Å². The lowest BCUT2D eigenvalue weighted by atomic mass is 10.0. The smallest absolute Gasteiger partial charge is 0.261 e. The lowest BCUT2D eigenvalue weighted by Gasteiger charge is -2.31. The standard InChI is InChI=1S/C40H48N4O4.BrH/c1-43(2,23-13-19-41-37(45)33-25-29-15-7-8-16-30(29)26-34(33)38(41)46)21-11-5-6-12-22-44(3,4)24-14-20-42-39(47)35-27-31-17-9-10-18-32(31)28-36(35)40(42)48;/h7-10,15-18,25-28H,5-6,11-14,19-24H2,1-4H3;1H/q+2;/p-1. The van der Waals surface area contributed by atoms with Crippen LogP contribution in [0.3, 0.4) is 0 Å². The number of rotatable bonds is 15. The molecule has 0 saturated carbocycles. The number of unbranched alkanes of at least 4 members (excludes halogenated alkanes) is 3. The van der Waals surface area contributed by atoms with Gasteiger partial charge in [-0.1, -0.05) is 48.5 Å². The molecule has 0 fully saturated rings. The van der Waals surface area contributed by atoms with E-state index in [0.29, 0.717) is 35.3 Å². The zero-order chi connectivity index (χ0) is 34.1. The van der Waals surface area contributed by atoms with E-state index in [0.717, 1.165) is 95.2 Å². The highest BCUT2D eigenvalue weighted by Gasteiger charge is 2.37. The SMILES string of the molecule is C[N+](C)(CCCCCC[N+](C)(C)CCCN1C(=O)c2cc3ccccc3cc2C1=O)CCCN1C(=O)c2cc3ccccc3cc2C1=O.[Br-]. The van der Waals surface area contributed by atoms with E-state index in [4.69, 9.17) is 0 Å². The molecule has 0 aliphatic carbocycles. The van der Waals surface area contributed by atoms with Crippen LogP contribution in [0.25, 0.3) is 21.5 Å². The predicted octanol–water partition coefficient (Wildman–Crippen LogP) is 3.38. The molecule has 2 aliphatic rings. The minimum Gasteiger partial charge on any atom is -1.00 e. The van der Waals surface area contributed by atoms with Crippen LogP contribution in [0.4, 0.5) is 0 Å². The molecule has 4 aromatic rings. The van der Waals surface area contributed by atoms with Crippen LogP contribution in [-0.2, 0) is 0 Å². The summed E-state index contributed by atoms with van der Waals surface area (Å²) >= 11 is 0. The first-order valence-corrected chi connectivity index (χ1v) is 17.4. The highest BCUT2D eigenvalue weighted by Crippen LogP contribution is 2.29. The fraction of sp³-hybridized carbons (Fsp3) is 0.400. The van der Waals surface area contributed by atoms with Crippen molar-refractivity contribution in [1.29, 1.82) is 0 Å². The second kappa shape index (κ2) is 14.9. The molecule has 0 unspecified atom stereocenters. The summed E-state index contributed by atoms with van der Waals surface area (Å²) in [5, 5.41) is 3.92. The first-order valence-electron chi connectivity index (χ1n) is 17.4. The van der Waals surface area contributed by atoms with Gasteiger partial charge in [0.2, 0.25) is 0 Å². The molecule has 2 heterocycles. The van der Waals surface area contributed by atoms with Crippen molar-refractivity contribution < 1.29 is 45.1 Å². The summed E-state index contributed by atoms with van der Waals surface area (Å²) in [5.74, 6) is -0.705. The largest absolute Gasteiger partial charge is 1.00 e. The van der Waals surface area contributed by atoms with E-state index in [1.54, 1.807) is 0 Å². The van der Waals surface area contributed by atoms with E-state index in [2.05, 4.69) is 28.2 Å². The minimum atomic E-state index is -0.176. The molecule has 0 radical (unpaired) electrons. The van der Waals surface area contributed by atoms with Gasteiger partial charge in [0.05, 0.1) is 76.6 Å². The number of quaternary nitrogens is 2. The number of benzene rings is 4. The van der Waals surface area contributed by atoms with Crippen LogP contribution in [0.2, 0.25) is 0 Å². The van der Waals surface area contributed by atoms with Crippen LogP contribution < -0.4 is 17.0 Å². The van der Waals surface area contributed by atoms with E-state index >= 15 is 0 Å². The molecule has 9 heteroatoms. The van der Waals surface area contributed by atoms with Gasteiger partial charge in [0.1, 0.15) is 0 Å². The molecule has 258 valence electrons. The molecule has 4 amide bonds. The third-order valence-electron chi connectivity index (χ3n) is 10.2. The van der Waals surface area contributed by atoms with Crippen LogP contribution in [0, 0.1) is 0 Å². The van der Waals surface area contributed by atoms with Gasteiger partial charge in [0.15, 0.2) is 0 Å². The molecule has 0 N–H and O–H groups in total. The van der Waals surface area contributed by atoms with Crippen molar-refractivity contribution in [2.24, 2.45) is 0 Å². The van der Waals surface area contributed by atoms with Crippen molar-refractivity contribution in [1.82, 2.24) is 9.80 Å². The van der Waals surface area contributed by atoms with Crippen molar-refractivity contribution in [3.05, 3.63) is 95.1 Å². The second-order valence-electron chi connectivity index (χ2n) is 14.9. The molecular formula is C40H48BrN4O4+. The fourth-order valence-electron chi connectivity index (χ4n) is 7.33. The monoisotopic (exact) mass is 727 g/mol. The third-order valence-corrected chi connectivity index (χ3v) is 10.2. The summed E-state index contributed by atoms with van der Waals surface area (Å²) in [6, 6.07) is 23.1. The molecular weight excluding hydrogens is 680 g/mol. The van der Waals surface area contributed by atoms with Crippen molar-refractivity contribution in [2.45, 2.75) is 38.5 Å². The Morgan fingerprint density at radius 1 is 0.429 bits per heavy atom. The summed E-state index contributed by atoms with van der Waals surface area (Å²) in [5.41, 5.74) is 2.08. The van der Waals surface area contributed by atoms with Crippen molar-refractivity contribution in [3.8, 4) is 0 Å². The average Bonchev–Trinajstić information content (AvgIpc) is 3.43. The van der Waals surface area contributed by atoms with E-state index in [1.807, 2.05) is 72.8 Å². The van der Waals surface area contributed by atoms with Gasteiger partial charge < -0.3 is 25.9 Å². The molecule has 4 aromatic carbocycles. The Morgan fingerprint density at radius 2 is 0.694 bits per heavy atom. The Morgan fingerprint density at radius 3 is 0.980 bits per heavy atom. The molecule has 0 atom stereocenters.